The van der Waals surface area contributed by atoms with Crippen LogP contribution in [0, 0.1) is 0 Å². The maximum absolute atomic E-state index is 2.71. The summed E-state index contributed by atoms with van der Waals surface area (Å²) >= 11 is 8.14. The van der Waals surface area contributed by atoms with E-state index in [1.54, 1.807) is 0 Å². The summed E-state index contributed by atoms with van der Waals surface area (Å²) in [5.74, 6) is 0. The van der Waals surface area contributed by atoms with E-state index in [9.17, 15) is 0 Å². The third kappa shape index (κ3) is 5.08. The predicted molar refractivity (Wildman–Crippen MR) is 86.3 cm³/mol. The van der Waals surface area contributed by atoms with Gasteiger partial charge in [-0.25, -0.2) is 0 Å². The molecule has 0 spiro atoms. The Labute approximate surface area is 118 Å². The number of hydrogen-bond acceptors (Lipinski definition) is 0. The zero-order chi connectivity index (χ0) is 10.8. The summed E-state index contributed by atoms with van der Waals surface area (Å²) < 4.78 is 1.38. The third-order valence-corrected chi connectivity index (χ3v) is 12.1. The van der Waals surface area contributed by atoms with Crippen molar-refractivity contribution in [3.63, 3.8) is 0 Å². The van der Waals surface area contributed by atoms with Crippen molar-refractivity contribution < 1.29 is 7.70 Å². The number of rotatable bonds is 3. The van der Waals surface area contributed by atoms with E-state index in [4.69, 9.17) is 0 Å². The van der Waals surface area contributed by atoms with Crippen molar-refractivity contribution in [2.45, 2.75) is 23.4 Å². The Morgan fingerprint density at radius 1 is 1.07 bits per heavy atom. The molecular formula is C10H13I3Zr. The van der Waals surface area contributed by atoms with Gasteiger partial charge >= 0.3 is 121 Å². The first-order valence-corrected chi connectivity index (χ1v) is 28.1. The van der Waals surface area contributed by atoms with Crippen LogP contribution in [0.3, 0.4) is 0 Å². The van der Waals surface area contributed by atoms with E-state index in [0.29, 0.717) is 5.41 Å². The summed E-state index contributed by atoms with van der Waals surface area (Å²) in [4.78, 5) is 0. The SMILES string of the molecule is CC(C)([CH2][Zr]([I])([I])[I])c1ccccc1. The monoisotopic (exact) mass is 604 g/mol. The second-order valence-corrected chi connectivity index (χ2v) is 77.3. The van der Waals surface area contributed by atoms with Crippen LogP contribution in [-0.4, -0.2) is 0 Å². The molecule has 0 unspecified atom stereocenters. The molecule has 78 valence electrons. The van der Waals surface area contributed by atoms with Gasteiger partial charge in [0.1, 0.15) is 0 Å². The standard InChI is InChI=1S/C10H13.3HI.Zr/c1-10(2,3)9-7-5-4-6-8-9;;;;/h4-8H,1H2,2-3H3;3*1H;/q;;;;+3/p-3. The Morgan fingerprint density at radius 3 is 2.00 bits per heavy atom. The van der Waals surface area contributed by atoms with Crippen LogP contribution < -0.4 is 0 Å². The zero-order valence-corrected chi connectivity index (χ0v) is 17.2. The van der Waals surface area contributed by atoms with Gasteiger partial charge in [-0.2, -0.15) is 0 Å². The molecule has 14 heavy (non-hydrogen) atoms. The molecule has 0 nitrogen and oxygen atoms in total. The first-order valence-electron chi connectivity index (χ1n) is 4.43. The number of hydrogen-bond donors (Lipinski definition) is 0. The topological polar surface area (TPSA) is 0 Å². The third-order valence-electron chi connectivity index (χ3n) is 2.20. The van der Waals surface area contributed by atoms with Gasteiger partial charge in [0, 0.05) is 0 Å². The molecule has 0 saturated carbocycles. The molecule has 0 aliphatic carbocycles. The van der Waals surface area contributed by atoms with Crippen molar-refractivity contribution in [3.05, 3.63) is 35.9 Å². The molecular weight excluding hydrogens is 592 g/mol. The Kier molecular flexibility index (Phi) is 5.90. The summed E-state index contributed by atoms with van der Waals surface area (Å²) in [6.45, 7) is 4.73. The molecule has 0 saturated heterocycles. The van der Waals surface area contributed by atoms with E-state index in [1.807, 2.05) is 0 Å². The van der Waals surface area contributed by atoms with Gasteiger partial charge < -0.3 is 0 Å². The first kappa shape index (κ1) is 14.4. The van der Waals surface area contributed by atoms with Gasteiger partial charge in [-0.15, -0.1) is 0 Å². The zero-order valence-electron chi connectivity index (χ0n) is 8.23. The fraction of sp³-hybridized carbons (Fsp3) is 0.400. The second-order valence-electron chi connectivity index (χ2n) is 4.04. The Hall–Kier alpha value is 2.29. The molecule has 0 aromatic heterocycles. The molecule has 1 aromatic rings. The van der Waals surface area contributed by atoms with E-state index in [2.05, 4.69) is 98.3 Å². The fourth-order valence-electron chi connectivity index (χ4n) is 1.49. The summed E-state index contributed by atoms with van der Waals surface area (Å²) in [7, 11) is -1.76. The van der Waals surface area contributed by atoms with E-state index in [0.717, 1.165) is 0 Å². The van der Waals surface area contributed by atoms with Crippen molar-refractivity contribution in [3.8, 4) is 0 Å². The fourth-order valence-corrected chi connectivity index (χ4v) is 21.4. The molecule has 0 radical (unpaired) electrons. The molecule has 1 aromatic carbocycles. The van der Waals surface area contributed by atoms with Crippen LogP contribution in [0.1, 0.15) is 19.4 Å². The average molecular weight is 605 g/mol. The summed E-state index contributed by atoms with van der Waals surface area (Å²) in [6, 6.07) is 10.9. The van der Waals surface area contributed by atoms with Crippen molar-refractivity contribution in [2.75, 3.05) is 0 Å². The van der Waals surface area contributed by atoms with E-state index in [-0.39, 0.29) is 0 Å². The summed E-state index contributed by atoms with van der Waals surface area (Å²) in [5, 5.41) is 0. The van der Waals surface area contributed by atoms with Crippen molar-refractivity contribution in [1.29, 1.82) is 0 Å². The molecule has 0 heterocycles. The molecule has 0 atom stereocenters. The minimum absolute atomic E-state index is 0.348. The van der Waals surface area contributed by atoms with Crippen LogP contribution in [0.4, 0.5) is 0 Å². The summed E-state index contributed by atoms with van der Waals surface area (Å²) in [5.41, 5.74) is 1.83. The van der Waals surface area contributed by atoms with Crippen molar-refractivity contribution >= 4 is 54.1 Å². The molecule has 0 N–H and O–H groups in total. The van der Waals surface area contributed by atoms with Gasteiger partial charge in [0.05, 0.1) is 0 Å². The van der Waals surface area contributed by atoms with Crippen molar-refractivity contribution in [1.82, 2.24) is 0 Å². The Balaban J connectivity index is 2.86. The summed E-state index contributed by atoms with van der Waals surface area (Å²) in [6.07, 6.45) is 0. The van der Waals surface area contributed by atoms with Crippen LogP contribution in [-0.2, 0) is 13.1 Å². The first-order chi connectivity index (χ1) is 6.31. The van der Waals surface area contributed by atoms with E-state index < -0.39 is 7.70 Å². The molecule has 0 fully saturated rings. The number of halogens is 3. The van der Waals surface area contributed by atoms with Gasteiger partial charge in [0.25, 0.3) is 0 Å². The van der Waals surface area contributed by atoms with Gasteiger partial charge in [0.2, 0.25) is 0 Å². The molecule has 0 aliphatic heterocycles. The Bertz CT molecular complexity index is 290. The normalized spacial score (nSPS) is 12.9. The maximum atomic E-state index is 2.71. The minimum atomic E-state index is -1.76. The molecule has 1 rings (SSSR count). The quantitative estimate of drug-likeness (QED) is 0.395. The average Bonchev–Trinajstić information content (AvgIpc) is 2.01. The van der Waals surface area contributed by atoms with Gasteiger partial charge in [-0.05, 0) is 0 Å². The van der Waals surface area contributed by atoms with E-state index >= 15 is 0 Å². The van der Waals surface area contributed by atoms with Crippen LogP contribution >= 0.6 is 54.1 Å². The number of benzene rings is 1. The second kappa shape index (κ2) is 5.76. The van der Waals surface area contributed by atoms with Crippen LogP contribution in [0.2, 0.25) is 4.13 Å². The van der Waals surface area contributed by atoms with E-state index in [1.165, 1.54) is 9.69 Å². The molecule has 0 bridgehead atoms. The van der Waals surface area contributed by atoms with Crippen molar-refractivity contribution in [2.24, 2.45) is 0 Å². The molecule has 0 aliphatic rings. The van der Waals surface area contributed by atoms with Gasteiger partial charge in [-0.1, -0.05) is 0 Å². The van der Waals surface area contributed by atoms with Crippen LogP contribution in [0.25, 0.3) is 0 Å². The molecule has 4 heteroatoms. The molecule has 0 amide bonds. The predicted octanol–water partition coefficient (Wildman–Crippen LogP) is 5.59. The van der Waals surface area contributed by atoms with Crippen LogP contribution in [0.15, 0.2) is 30.3 Å². The van der Waals surface area contributed by atoms with Gasteiger partial charge in [-0.3, -0.25) is 0 Å². The van der Waals surface area contributed by atoms with Crippen LogP contribution in [0.5, 0.6) is 0 Å². The Morgan fingerprint density at radius 2 is 1.57 bits per heavy atom. The van der Waals surface area contributed by atoms with Gasteiger partial charge in [0.15, 0.2) is 0 Å².